The number of hydrogen-bond acceptors (Lipinski definition) is 2. The van der Waals surface area contributed by atoms with Crippen LogP contribution in [-0.2, 0) is 0 Å². The summed E-state index contributed by atoms with van der Waals surface area (Å²) in [5.74, 6) is 0.794. The van der Waals surface area contributed by atoms with E-state index >= 15 is 0 Å². The summed E-state index contributed by atoms with van der Waals surface area (Å²) in [5.41, 5.74) is 0. The fraction of sp³-hybridized carbons (Fsp3) is 1.00. The van der Waals surface area contributed by atoms with Gasteiger partial charge < -0.3 is 10.4 Å². The lowest BCUT2D eigenvalue weighted by atomic mass is 9.99. The van der Waals surface area contributed by atoms with Crippen molar-refractivity contribution in [3.63, 3.8) is 0 Å². The zero-order chi connectivity index (χ0) is 13.2. The van der Waals surface area contributed by atoms with Crippen molar-refractivity contribution in [3.05, 3.63) is 0 Å². The Balaban J connectivity index is 2.14. The van der Waals surface area contributed by atoms with Gasteiger partial charge in [-0.05, 0) is 25.2 Å². The summed E-state index contributed by atoms with van der Waals surface area (Å²) in [6.45, 7) is 5.29. The lowest BCUT2D eigenvalue weighted by Crippen LogP contribution is -2.36. The van der Waals surface area contributed by atoms with Gasteiger partial charge in [0.05, 0.1) is 6.10 Å². The van der Waals surface area contributed by atoms with Crippen LogP contribution in [0.4, 0.5) is 0 Å². The zero-order valence-electron chi connectivity index (χ0n) is 12.5. The summed E-state index contributed by atoms with van der Waals surface area (Å²) in [5, 5.41) is 13.7. The number of unbranched alkanes of at least 4 members (excludes halogenated alkanes) is 1. The third-order valence-electron chi connectivity index (χ3n) is 4.27. The monoisotopic (exact) mass is 255 g/mol. The molecule has 108 valence electrons. The molecule has 2 N–H and O–H groups in total. The van der Waals surface area contributed by atoms with Gasteiger partial charge in [-0.2, -0.15) is 0 Å². The second-order valence-corrected chi connectivity index (χ2v) is 6.08. The Morgan fingerprint density at radius 3 is 2.44 bits per heavy atom. The molecule has 0 amide bonds. The van der Waals surface area contributed by atoms with Gasteiger partial charge in [-0.15, -0.1) is 0 Å². The molecule has 0 radical (unpaired) electrons. The molecule has 0 aliphatic heterocycles. The predicted molar refractivity (Wildman–Crippen MR) is 78.8 cm³/mol. The van der Waals surface area contributed by atoms with Crippen molar-refractivity contribution >= 4 is 0 Å². The molecule has 0 aromatic heterocycles. The highest BCUT2D eigenvalue weighted by Crippen LogP contribution is 2.28. The zero-order valence-corrected chi connectivity index (χ0v) is 12.5. The van der Waals surface area contributed by atoms with E-state index < -0.39 is 0 Å². The van der Waals surface area contributed by atoms with Crippen molar-refractivity contribution in [2.45, 2.75) is 90.2 Å². The predicted octanol–water partition coefficient (Wildman–Crippen LogP) is 3.88. The van der Waals surface area contributed by atoms with Crippen LogP contribution >= 0.6 is 0 Å². The quantitative estimate of drug-likeness (QED) is 0.621. The molecule has 0 spiro atoms. The van der Waals surface area contributed by atoms with Crippen molar-refractivity contribution in [2.75, 3.05) is 6.54 Å². The molecule has 0 aromatic rings. The summed E-state index contributed by atoms with van der Waals surface area (Å²) < 4.78 is 0. The van der Waals surface area contributed by atoms with Gasteiger partial charge in [0.15, 0.2) is 0 Å². The normalized spacial score (nSPS) is 20.2. The molecule has 1 aliphatic rings. The second kappa shape index (κ2) is 9.80. The molecule has 1 saturated carbocycles. The number of aliphatic hydroxyl groups is 1. The Morgan fingerprint density at radius 1 is 1.11 bits per heavy atom. The van der Waals surface area contributed by atoms with Gasteiger partial charge in [-0.1, -0.05) is 58.8 Å². The summed E-state index contributed by atoms with van der Waals surface area (Å²) in [4.78, 5) is 0. The minimum absolute atomic E-state index is 0.130. The number of nitrogens with one attached hydrogen (secondary N) is 1. The summed E-state index contributed by atoms with van der Waals surface area (Å²) in [6, 6.07) is 0.619. The first-order valence-corrected chi connectivity index (χ1v) is 8.17. The first-order valence-electron chi connectivity index (χ1n) is 8.17. The molecule has 1 fully saturated rings. The van der Waals surface area contributed by atoms with Crippen LogP contribution in [0.5, 0.6) is 0 Å². The molecular weight excluding hydrogens is 222 g/mol. The van der Waals surface area contributed by atoms with Gasteiger partial charge in [-0.25, -0.2) is 0 Å². The highest BCUT2D eigenvalue weighted by atomic mass is 16.3. The molecule has 18 heavy (non-hydrogen) atoms. The molecule has 1 rings (SSSR count). The largest absolute Gasteiger partial charge is 0.392 e. The molecule has 2 unspecified atom stereocenters. The molecule has 2 nitrogen and oxygen atoms in total. The van der Waals surface area contributed by atoms with Crippen LogP contribution in [-0.4, -0.2) is 23.8 Å². The molecule has 1 aliphatic carbocycles. The van der Waals surface area contributed by atoms with E-state index in [1.807, 2.05) is 0 Å². The first-order chi connectivity index (χ1) is 8.76. The summed E-state index contributed by atoms with van der Waals surface area (Å²) in [7, 11) is 0. The second-order valence-electron chi connectivity index (χ2n) is 6.08. The number of rotatable bonds is 10. The minimum atomic E-state index is -0.130. The van der Waals surface area contributed by atoms with Gasteiger partial charge >= 0.3 is 0 Å². The molecule has 0 saturated heterocycles. The van der Waals surface area contributed by atoms with Crippen LogP contribution < -0.4 is 5.32 Å². The standard InChI is InChI=1S/C16H33NO/c1-3-5-11-15(8-4-2)17-13-16(18)12-14-9-6-7-10-14/h14-18H,3-13H2,1-2H3. The molecule has 2 atom stereocenters. The van der Waals surface area contributed by atoms with Crippen LogP contribution in [0.1, 0.15) is 78.1 Å². The first kappa shape index (κ1) is 16.0. The van der Waals surface area contributed by atoms with E-state index in [9.17, 15) is 5.11 Å². The topological polar surface area (TPSA) is 32.3 Å². The van der Waals surface area contributed by atoms with Crippen LogP contribution in [0, 0.1) is 5.92 Å². The minimum Gasteiger partial charge on any atom is -0.392 e. The van der Waals surface area contributed by atoms with Crippen molar-refractivity contribution in [1.29, 1.82) is 0 Å². The Bertz CT molecular complexity index is 190. The van der Waals surface area contributed by atoms with Crippen LogP contribution in [0.2, 0.25) is 0 Å². The van der Waals surface area contributed by atoms with Crippen molar-refractivity contribution in [1.82, 2.24) is 5.32 Å². The third kappa shape index (κ3) is 6.75. The van der Waals surface area contributed by atoms with E-state index in [4.69, 9.17) is 0 Å². The van der Waals surface area contributed by atoms with Gasteiger partial charge in [0, 0.05) is 12.6 Å². The number of hydrogen-bond donors (Lipinski definition) is 2. The van der Waals surface area contributed by atoms with Crippen LogP contribution in [0.15, 0.2) is 0 Å². The van der Waals surface area contributed by atoms with E-state index in [0.717, 1.165) is 18.9 Å². The average Bonchev–Trinajstić information content (AvgIpc) is 2.85. The van der Waals surface area contributed by atoms with E-state index in [1.165, 1.54) is 57.8 Å². The highest BCUT2D eigenvalue weighted by molar-refractivity contribution is 4.74. The van der Waals surface area contributed by atoms with E-state index in [1.54, 1.807) is 0 Å². The molecule has 2 heteroatoms. The third-order valence-corrected chi connectivity index (χ3v) is 4.27. The number of aliphatic hydroxyl groups excluding tert-OH is 1. The van der Waals surface area contributed by atoms with Gasteiger partial charge in [0.2, 0.25) is 0 Å². The van der Waals surface area contributed by atoms with Crippen LogP contribution in [0.25, 0.3) is 0 Å². The molecule has 0 heterocycles. The molecular formula is C16H33NO. The Morgan fingerprint density at radius 2 is 1.83 bits per heavy atom. The summed E-state index contributed by atoms with van der Waals surface area (Å²) in [6.07, 6.45) is 12.6. The van der Waals surface area contributed by atoms with Crippen molar-refractivity contribution < 1.29 is 5.11 Å². The van der Waals surface area contributed by atoms with Crippen molar-refractivity contribution in [3.8, 4) is 0 Å². The lowest BCUT2D eigenvalue weighted by molar-refractivity contribution is 0.135. The maximum atomic E-state index is 10.1. The van der Waals surface area contributed by atoms with Crippen molar-refractivity contribution in [2.24, 2.45) is 5.92 Å². The van der Waals surface area contributed by atoms with Gasteiger partial charge in [-0.3, -0.25) is 0 Å². The van der Waals surface area contributed by atoms with Crippen LogP contribution in [0.3, 0.4) is 0 Å². The molecule has 0 bridgehead atoms. The smallest absolute Gasteiger partial charge is 0.0667 e. The fourth-order valence-electron chi connectivity index (χ4n) is 3.16. The van der Waals surface area contributed by atoms with E-state index in [-0.39, 0.29) is 6.10 Å². The lowest BCUT2D eigenvalue weighted by Gasteiger charge is -2.21. The van der Waals surface area contributed by atoms with E-state index in [0.29, 0.717) is 6.04 Å². The SMILES string of the molecule is CCCCC(CCC)NCC(O)CC1CCCC1. The Hall–Kier alpha value is -0.0800. The van der Waals surface area contributed by atoms with Gasteiger partial charge in [0.1, 0.15) is 0 Å². The molecule has 0 aromatic carbocycles. The highest BCUT2D eigenvalue weighted by Gasteiger charge is 2.19. The summed E-state index contributed by atoms with van der Waals surface area (Å²) >= 11 is 0. The maximum Gasteiger partial charge on any atom is 0.0667 e. The maximum absolute atomic E-state index is 10.1. The fourth-order valence-corrected chi connectivity index (χ4v) is 3.16. The van der Waals surface area contributed by atoms with E-state index in [2.05, 4.69) is 19.2 Å². The Labute approximate surface area is 114 Å². The van der Waals surface area contributed by atoms with Gasteiger partial charge in [0.25, 0.3) is 0 Å². The average molecular weight is 255 g/mol. The Kier molecular flexibility index (Phi) is 8.70.